The maximum Gasteiger partial charge on any atom is 0.339 e. The number of carboxylic acid groups (broad SMARTS) is 1. The number of rotatable bonds is 1. The van der Waals surface area contributed by atoms with Gasteiger partial charge in [0.05, 0.1) is 16.1 Å². The van der Waals surface area contributed by atoms with Crippen molar-refractivity contribution < 1.29 is 15.0 Å². The molecule has 0 fully saturated rings. The lowest BCUT2D eigenvalue weighted by Crippen LogP contribution is -1.97. The molecule has 4 nitrogen and oxygen atoms in total. The zero-order valence-corrected chi connectivity index (χ0v) is 7.87. The SMILES string of the molecule is N#Cc1cc(Br)c(O)c(C(=O)O)c1. The Bertz CT molecular complexity index is 409. The number of nitrogens with zero attached hydrogens (tertiary/aromatic N) is 1. The summed E-state index contributed by atoms with van der Waals surface area (Å²) in [5, 5.41) is 26.4. The first-order valence-electron chi connectivity index (χ1n) is 3.22. The highest BCUT2D eigenvalue weighted by Crippen LogP contribution is 2.29. The molecule has 1 aromatic rings. The minimum atomic E-state index is -1.27. The van der Waals surface area contributed by atoms with Crippen LogP contribution in [0.15, 0.2) is 16.6 Å². The van der Waals surface area contributed by atoms with Crippen LogP contribution < -0.4 is 0 Å². The highest BCUT2D eigenvalue weighted by atomic mass is 79.9. The number of hydrogen-bond donors (Lipinski definition) is 2. The molecule has 0 aliphatic rings. The van der Waals surface area contributed by atoms with E-state index in [2.05, 4.69) is 15.9 Å². The molecule has 0 aromatic heterocycles. The van der Waals surface area contributed by atoms with Crippen molar-refractivity contribution >= 4 is 21.9 Å². The Morgan fingerprint density at radius 3 is 2.62 bits per heavy atom. The Labute approximate surface area is 82.2 Å². The van der Waals surface area contributed by atoms with Gasteiger partial charge in [0.25, 0.3) is 0 Å². The number of aromatic carboxylic acids is 1. The molecule has 0 aliphatic heterocycles. The van der Waals surface area contributed by atoms with Crippen LogP contribution >= 0.6 is 15.9 Å². The van der Waals surface area contributed by atoms with Crippen molar-refractivity contribution in [3.63, 3.8) is 0 Å². The molecule has 0 atom stereocenters. The van der Waals surface area contributed by atoms with Gasteiger partial charge in [0.1, 0.15) is 11.3 Å². The Kier molecular flexibility index (Phi) is 2.54. The Balaban J connectivity index is 3.44. The molecular formula is C8H4BrNO3. The summed E-state index contributed by atoms with van der Waals surface area (Å²) in [7, 11) is 0. The molecule has 0 unspecified atom stereocenters. The number of benzene rings is 1. The van der Waals surface area contributed by atoms with Gasteiger partial charge < -0.3 is 10.2 Å². The summed E-state index contributed by atoms with van der Waals surface area (Å²) in [6, 6.07) is 4.25. The topological polar surface area (TPSA) is 81.3 Å². The monoisotopic (exact) mass is 241 g/mol. The third kappa shape index (κ3) is 1.79. The predicted octanol–water partition coefficient (Wildman–Crippen LogP) is 1.72. The van der Waals surface area contributed by atoms with E-state index in [4.69, 9.17) is 10.4 Å². The second-order valence-electron chi connectivity index (χ2n) is 2.27. The molecule has 5 heteroatoms. The fourth-order valence-electron chi connectivity index (χ4n) is 0.827. The number of halogens is 1. The van der Waals surface area contributed by atoms with Gasteiger partial charge in [-0.25, -0.2) is 4.79 Å². The zero-order chi connectivity index (χ0) is 10.0. The van der Waals surface area contributed by atoms with E-state index in [1.54, 1.807) is 6.07 Å². The second kappa shape index (κ2) is 3.46. The summed E-state index contributed by atoms with van der Waals surface area (Å²) in [4.78, 5) is 10.6. The molecule has 0 aliphatic carbocycles. The Hall–Kier alpha value is -1.54. The van der Waals surface area contributed by atoms with Gasteiger partial charge in [-0.15, -0.1) is 0 Å². The van der Waals surface area contributed by atoms with Crippen molar-refractivity contribution in [1.29, 1.82) is 5.26 Å². The second-order valence-corrected chi connectivity index (χ2v) is 3.13. The number of nitriles is 1. The van der Waals surface area contributed by atoms with Crippen molar-refractivity contribution in [3.8, 4) is 11.8 Å². The van der Waals surface area contributed by atoms with E-state index in [1.807, 2.05) is 0 Å². The summed E-state index contributed by atoms with van der Waals surface area (Å²) >= 11 is 2.94. The minimum Gasteiger partial charge on any atom is -0.506 e. The largest absolute Gasteiger partial charge is 0.506 e. The van der Waals surface area contributed by atoms with Crippen LogP contribution in [0.25, 0.3) is 0 Å². The van der Waals surface area contributed by atoms with E-state index in [9.17, 15) is 9.90 Å². The fraction of sp³-hybridized carbons (Fsp3) is 0. The van der Waals surface area contributed by atoms with Crippen molar-refractivity contribution in [3.05, 3.63) is 27.7 Å². The first kappa shape index (κ1) is 9.55. The molecular weight excluding hydrogens is 238 g/mol. The van der Waals surface area contributed by atoms with Crippen LogP contribution in [-0.2, 0) is 0 Å². The number of aromatic hydroxyl groups is 1. The molecule has 0 heterocycles. The first-order chi connectivity index (χ1) is 6.06. The fourth-order valence-corrected chi connectivity index (χ4v) is 1.29. The van der Waals surface area contributed by atoms with Gasteiger partial charge in [-0.3, -0.25) is 0 Å². The normalized spacial score (nSPS) is 9.23. The third-order valence-electron chi connectivity index (χ3n) is 1.42. The summed E-state index contributed by atoms with van der Waals surface area (Å²) in [5.41, 5.74) is -0.104. The van der Waals surface area contributed by atoms with Crippen LogP contribution in [0.2, 0.25) is 0 Å². The van der Waals surface area contributed by atoms with Gasteiger partial charge in [-0.05, 0) is 28.1 Å². The van der Waals surface area contributed by atoms with Crippen molar-refractivity contribution in [1.82, 2.24) is 0 Å². The average molecular weight is 242 g/mol. The zero-order valence-electron chi connectivity index (χ0n) is 6.28. The standard InChI is InChI=1S/C8H4BrNO3/c9-6-2-4(3-10)1-5(7(6)11)8(12)13/h1-2,11H,(H,12,13). The molecule has 2 N–H and O–H groups in total. The number of carbonyl (C=O) groups is 1. The highest BCUT2D eigenvalue weighted by Gasteiger charge is 2.13. The highest BCUT2D eigenvalue weighted by molar-refractivity contribution is 9.10. The maximum absolute atomic E-state index is 10.6. The molecule has 0 saturated heterocycles. The van der Waals surface area contributed by atoms with Crippen LogP contribution in [0.4, 0.5) is 0 Å². The molecule has 13 heavy (non-hydrogen) atoms. The average Bonchev–Trinajstić information content (AvgIpc) is 2.09. The summed E-state index contributed by atoms with van der Waals surface area (Å²) in [6.45, 7) is 0. The molecule has 0 amide bonds. The van der Waals surface area contributed by atoms with Gasteiger partial charge in [0.2, 0.25) is 0 Å². The van der Waals surface area contributed by atoms with E-state index < -0.39 is 5.97 Å². The predicted molar refractivity (Wildman–Crippen MR) is 47.5 cm³/mol. The molecule has 0 saturated carbocycles. The Morgan fingerprint density at radius 1 is 1.54 bits per heavy atom. The van der Waals surface area contributed by atoms with Crippen LogP contribution in [0, 0.1) is 11.3 Å². The van der Waals surface area contributed by atoms with E-state index in [0.717, 1.165) is 6.07 Å². The molecule has 1 aromatic carbocycles. The van der Waals surface area contributed by atoms with Gasteiger partial charge in [-0.2, -0.15) is 5.26 Å². The molecule has 0 spiro atoms. The van der Waals surface area contributed by atoms with Crippen LogP contribution in [0.1, 0.15) is 15.9 Å². The van der Waals surface area contributed by atoms with Gasteiger partial charge in [0, 0.05) is 0 Å². The smallest absolute Gasteiger partial charge is 0.339 e. The molecule has 66 valence electrons. The van der Waals surface area contributed by atoms with Crippen molar-refractivity contribution in [2.75, 3.05) is 0 Å². The number of phenols is 1. The quantitative estimate of drug-likeness (QED) is 0.785. The van der Waals surface area contributed by atoms with Crippen LogP contribution in [0.5, 0.6) is 5.75 Å². The molecule has 0 radical (unpaired) electrons. The van der Waals surface area contributed by atoms with E-state index in [1.165, 1.54) is 6.07 Å². The minimum absolute atomic E-state index is 0.182. The lowest BCUT2D eigenvalue weighted by atomic mass is 10.1. The van der Waals surface area contributed by atoms with E-state index in [0.29, 0.717) is 0 Å². The Morgan fingerprint density at radius 2 is 2.15 bits per heavy atom. The maximum atomic E-state index is 10.6. The lowest BCUT2D eigenvalue weighted by molar-refractivity contribution is 0.0693. The molecule has 0 bridgehead atoms. The van der Waals surface area contributed by atoms with Gasteiger partial charge in [0.15, 0.2) is 0 Å². The summed E-state index contributed by atoms with van der Waals surface area (Å²) in [5.74, 6) is -1.64. The summed E-state index contributed by atoms with van der Waals surface area (Å²) in [6.07, 6.45) is 0. The molecule has 1 rings (SSSR count). The van der Waals surface area contributed by atoms with E-state index >= 15 is 0 Å². The van der Waals surface area contributed by atoms with Crippen molar-refractivity contribution in [2.45, 2.75) is 0 Å². The van der Waals surface area contributed by atoms with Crippen molar-refractivity contribution in [2.24, 2.45) is 0 Å². The number of carboxylic acids is 1. The van der Waals surface area contributed by atoms with Crippen LogP contribution in [0.3, 0.4) is 0 Å². The summed E-state index contributed by atoms with van der Waals surface area (Å²) < 4.78 is 0.198. The third-order valence-corrected chi connectivity index (χ3v) is 2.03. The van der Waals surface area contributed by atoms with Gasteiger partial charge in [-0.1, -0.05) is 0 Å². The lowest BCUT2D eigenvalue weighted by Gasteiger charge is -2.01. The number of hydrogen-bond acceptors (Lipinski definition) is 3. The first-order valence-corrected chi connectivity index (χ1v) is 4.01. The van der Waals surface area contributed by atoms with Gasteiger partial charge >= 0.3 is 5.97 Å². The van der Waals surface area contributed by atoms with Crippen LogP contribution in [-0.4, -0.2) is 16.2 Å². The van der Waals surface area contributed by atoms with E-state index in [-0.39, 0.29) is 21.3 Å².